The van der Waals surface area contributed by atoms with E-state index in [9.17, 15) is 23.8 Å². The maximum Gasteiger partial charge on any atom is 0.472 e. The second-order valence-corrected chi connectivity index (χ2v) is 17.6. The molecular formula is C44H74N2O10P+. The van der Waals surface area contributed by atoms with Crippen LogP contribution in [0.4, 0.5) is 0 Å². The minimum absolute atomic E-state index is 0.0165. The van der Waals surface area contributed by atoms with Gasteiger partial charge in [-0.3, -0.25) is 23.4 Å². The van der Waals surface area contributed by atoms with E-state index in [1.807, 2.05) is 58.4 Å². The highest BCUT2D eigenvalue weighted by molar-refractivity contribution is 7.47. The lowest BCUT2D eigenvalue weighted by molar-refractivity contribution is -0.870. The van der Waals surface area contributed by atoms with E-state index in [1.165, 1.54) is 70.6 Å². The number of hydrogen-bond acceptors (Lipinski definition) is 9. The number of unbranched alkanes of at least 4 members (excludes halogenated alkanes) is 14. The van der Waals surface area contributed by atoms with Gasteiger partial charge >= 0.3 is 19.8 Å². The number of fused-ring (bicyclic) bond motifs is 1. The normalized spacial score (nSPS) is 13.2. The molecule has 2 rings (SSSR count). The van der Waals surface area contributed by atoms with Gasteiger partial charge in [0, 0.05) is 19.4 Å². The lowest BCUT2D eigenvalue weighted by Crippen LogP contribution is -2.37. The van der Waals surface area contributed by atoms with Gasteiger partial charge in [0.1, 0.15) is 25.5 Å². The molecule has 0 bridgehead atoms. The zero-order valence-corrected chi connectivity index (χ0v) is 36.8. The van der Waals surface area contributed by atoms with Crippen LogP contribution < -0.4 is 10.1 Å². The van der Waals surface area contributed by atoms with Gasteiger partial charge < -0.3 is 28.9 Å². The lowest BCUT2D eigenvalue weighted by Gasteiger charge is -2.24. The molecule has 0 aromatic heterocycles. The predicted octanol–water partition coefficient (Wildman–Crippen LogP) is 9.15. The molecule has 0 fully saturated rings. The number of rotatable bonds is 33. The number of phosphoric ester groups is 1. The second-order valence-electron chi connectivity index (χ2n) is 16.2. The van der Waals surface area contributed by atoms with Crippen LogP contribution in [-0.2, 0) is 43.9 Å². The Balaban J connectivity index is 1.73. The Morgan fingerprint density at radius 2 is 1.37 bits per heavy atom. The molecule has 324 valence electrons. The number of nitrogens with one attached hydrogen (secondary N) is 1. The zero-order chi connectivity index (χ0) is 41.9. The van der Waals surface area contributed by atoms with Crippen LogP contribution >= 0.6 is 7.82 Å². The molecule has 12 nitrogen and oxygen atoms in total. The number of likely N-dealkylation sites (N-methyl/N-ethyl adjacent to an activating group) is 1. The summed E-state index contributed by atoms with van der Waals surface area (Å²) in [6, 6.07) is 9.73. The summed E-state index contributed by atoms with van der Waals surface area (Å²) in [5.74, 6) is -0.447. The Morgan fingerprint density at radius 3 is 1.96 bits per heavy atom. The average Bonchev–Trinajstić information content (AvgIpc) is 3.16. The maximum absolute atomic E-state index is 12.8. The zero-order valence-electron chi connectivity index (χ0n) is 36.0. The van der Waals surface area contributed by atoms with Crippen molar-refractivity contribution in [2.24, 2.45) is 0 Å². The molecule has 0 saturated carbocycles. The number of quaternary nitrogens is 1. The van der Waals surface area contributed by atoms with Gasteiger partial charge in [0.25, 0.3) is 0 Å². The molecule has 0 spiro atoms. The number of amides is 1. The third-order valence-corrected chi connectivity index (χ3v) is 11.0. The van der Waals surface area contributed by atoms with Gasteiger partial charge in [-0.15, -0.1) is 0 Å². The highest BCUT2D eigenvalue weighted by Crippen LogP contribution is 2.43. The number of aryl methyl sites for hydroxylation is 1. The molecule has 1 amide bonds. The highest BCUT2D eigenvalue weighted by Gasteiger charge is 2.27. The summed E-state index contributed by atoms with van der Waals surface area (Å²) in [4.78, 5) is 48.3. The molecule has 2 atom stereocenters. The molecule has 0 aliphatic heterocycles. The number of esters is 2. The molecule has 0 aliphatic rings. The molecule has 0 saturated heterocycles. The number of carbonyl (C=O) groups excluding carboxylic acids is 3. The second kappa shape index (κ2) is 28.4. The monoisotopic (exact) mass is 822 g/mol. The molecule has 2 aromatic carbocycles. The number of phosphoric acid groups is 1. The number of carbonyl (C=O) groups is 3. The van der Waals surface area contributed by atoms with Crippen LogP contribution in [0.15, 0.2) is 30.3 Å². The van der Waals surface area contributed by atoms with Gasteiger partial charge in [-0.1, -0.05) is 115 Å². The number of hydrogen-bond donors (Lipinski definition) is 2. The first kappa shape index (κ1) is 50.1. The van der Waals surface area contributed by atoms with E-state index >= 15 is 0 Å². The van der Waals surface area contributed by atoms with E-state index < -0.39 is 32.5 Å². The van der Waals surface area contributed by atoms with Gasteiger partial charge in [-0.05, 0) is 53.8 Å². The highest BCUT2D eigenvalue weighted by atomic mass is 31.2. The molecule has 57 heavy (non-hydrogen) atoms. The maximum atomic E-state index is 12.8. The van der Waals surface area contributed by atoms with Crippen LogP contribution in [0.3, 0.4) is 0 Å². The molecule has 13 heteroatoms. The van der Waals surface area contributed by atoms with Crippen molar-refractivity contribution in [3.05, 3.63) is 41.5 Å². The first-order valence-corrected chi connectivity index (χ1v) is 22.8. The van der Waals surface area contributed by atoms with Crippen molar-refractivity contribution in [1.29, 1.82) is 0 Å². The molecule has 2 aromatic rings. The van der Waals surface area contributed by atoms with Crippen molar-refractivity contribution >= 4 is 36.4 Å². The minimum atomic E-state index is -4.45. The van der Waals surface area contributed by atoms with E-state index in [0.29, 0.717) is 23.9 Å². The number of nitrogens with zero attached hydrogens (tertiary/aromatic N) is 1. The van der Waals surface area contributed by atoms with E-state index in [4.69, 9.17) is 23.3 Å². The van der Waals surface area contributed by atoms with Gasteiger partial charge in [0.05, 0.1) is 41.3 Å². The summed E-state index contributed by atoms with van der Waals surface area (Å²) < 4.78 is 39.5. The Bertz CT molecular complexity index is 1510. The number of ether oxygens (including phenoxy) is 3. The summed E-state index contributed by atoms with van der Waals surface area (Å²) in [5.41, 5.74) is 1.92. The van der Waals surface area contributed by atoms with Gasteiger partial charge in [-0.25, -0.2) is 4.57 Å². The van der Waals surface area contributed by atoms with Crippen LogP contribution in [0.25, 0.3) is 10.8 Å². The van der Waals surface area contributed by atoms with Crippen molar-refractivity contribution in [3.8, 4) is 5.75 Å². The molecule has 0 aliphatic carbocycles. The smallest absolute Gasteiger partial charge is 0.472 e. The van der Waals surface area contributed by atoms with Gasteiger partial charge in [0.2, 0.25) is 5.91 Å². The van der Waals surface area contributed by atoms with Crippen LogP contribution in [0, 0.1) is 6.92 Å². The van der Waals surface area contributed by atoms with Crippen molar-refractivity contribution < 1.29 is 51.6 Å². The Morgan fingerprint density at radius 1 is 0.772 bits per heavy atom. The fourth-order valence-corrected chi connectivity index (χ4v) is 7.17. The van der Waals surface area contributed by atoms with Crippen molar-refractivity contribution in [3.63, 3.8) is 0 Å². The average molecular weight is 822 g/mol. The standard InChI is InChI=1S/C44H73N2O10P/c1-7-8-9-10-11-12-13-14-15-16-17-18-19-20-21-23-43(48)53-34-40(35-55-57(50,51)54-31-30-46(3,4)5)56-44(49)24-22-29-45-42(47)33-37-25-26-38-32-39(52-6)27-28-41(38)36(37)2/h25-28,32,40H,7-24,29-31,33-35H2,1-6H3,(H-,45,47,50,51)/p+1/t40-/m1/s1. The third kappa shape index (κ3) is 23.9. The topological polar surface area (TPSA) is 147 Å². The van der Waals surface area contributed by atoms with Crippen molar-refractivity contribution in [2.45, 2.75) is 142 Å². The molecule has 0 radical (unpaired) electrons. The number of benzene rings is 2. The van der Waals surface area contributed by atoms with E-state index in [1.54, 1.807) is 7.11 Å². The van der Waals surface area contributed by atoms with E-state index in [2.05, 4.69) is 12.2 Å². The predicted molar refractivity (Wildman–Crippen MR) is 226 cm³/mol. The minimum Gasteiger partial charge on any atom is -0.497 e. The van der Waals surface area contributed by atoms with Gasteiger partial charge in [-0.2, -0.15) is 0 Å². The summed E-state index contributed by atoms with van der Waals surface area (Å²) >= 11 is 0. The first-order chi connectivity index (χ1) is 27.2. The van der Waals surface area contributed by atoms with Crippen LogP contribution in [-0.4, -0.2) is 94.5 Å². The SMILES string of the molecule is CCCCCCCCCCCCCCCCCC(=O)OC[C@H](COP(=O)(O)OCC[N+](C)(C)C)OC(=O)CCCNC(=O)Cc1ccc2cc(OC)ccc2c1C. The Hall–Kier alpha value is -3.02. The molecular weight excluding hydrogens is 747 g/mol. The molecule has 1 unspecified atom stereocenters. The van der Waals surface area contributed by atoms with Crippen molar-refractivity contribution in [2.75, 3.05) is 61.2 Å². The van der Waals surface area contributed by atoms with Crippen LogP contribution in [0.2, 0.25) is 0 Å². The van der Waals surface area contributed by atoms with E-state index in [0.717, 1.165) is 46.9 Å². The fourth-order valence-electron chi connectivity index (χ4n) is 6.43. The lowest BCUT2D eigenvalue weighted by atomic mass is 9.98. The summed E-state index contributed by atoms with van der Waals surface area (Å²) in [6.45, 7) is 4.12. The Kier molecular flexibility index (Phi) is 25.0. The quantitative estimate of drug-likeness (QED) is 0.0309. The van der Waals surface area contributed by atoms with Crippen LogP contribution in [0.5, 0.6) is 5.75 Å². The van der Waals surface area contributed by atoms with Crippen LogP contribution in [0.1, 0.15) is 134 Å². The van der Waals surface area contributed by atoms with Crippen molar-refractivity contribution in [1.82, 2.24) is 5.32 Å². The van der Waals surface area contributed by atoms with Gasteiger partial charge in [0.15, 0.2) is 6.10 Å². The number of methoxy groups -OCH3 is 1. The summed E-state index contributed by atoms with van der Waals surface area (Å²) in [5, 5.41) is 4.93. The largest absolute Gasteiger partial charge is 0.497 e. The Labute approximate surface area is 342 Å². The fraction of sp³-hybridized carbons (Fsp3) is 0.705. The molecule has 2 N–H and O–H groups in total. The third-order valence-electron chi connectivity index (χ3n) is 9.99. The summed E-state index contributed by atoms with van der Waals surface area (Å²) in [6.07, 6.45) is 18.0. The first-order valence-electron chi connectivity index (χ1n) is 21.3. The summed E-state index contributed by atoms with van der Waals surface area (Å²) in [7, 11) is 2.94. The van der Waals surface area contributed by atoms with E-state index in [-0.39, 0.29) is 44.9 Å². The molecule has 0 heterocycles.